The van der Waals surface area contributed by atoms with Gasteiger partial charge in [-0.1, -0.05) is 50.3 Å². The third-order valence-corrected chi connectivity index (χ3v) is 5.02. The molecule has 2 N–H and O–H groups in total. The molecule has 2 amide bonds. The Hall–Kier alpha value is -2.04. The Morgan fingerprint density at radius 2 is 1.96 bits per heavy atom. The van der Waals surface area contributed by atoms with E-state index in [1.54, 1.807) is 4.90 Å². The molecule has 1 aromatic rings. The van der Waals surface area contributed by atoms with Crippen molar-refractivity contribution < 1.29 is 14.7 Å². The van der Waals surface area contributed by atoms with Crippen LogP contribution in [0.5, 0.6) is 0 Å². The summed E-state index contributed by atoms with van der Waals surface area (Å²) in [6, 6.07) is 6.71. The fourth-order valence-electron chi connectivity index (χ4n) is 3.75. The normalized spacial score (nSPS) is 19.2. The number of urea groups is 1. The molecule has 1 aliphatic carbocycles. The molecule has 1 aromatic carbocycles. The number of benzene rings is 1. The standard InChI is InChI=1S/C18H24N2O3/c21-17(22)15(12-13-6-2-1-3-7-13)19-18(23)20-11-10-14-8-4-5-9-16(14)20/h4-5,8-9,13,15H,1-3,6-7,10-12H2,(H,19,23)(H,21,22). The predicted molar refractivity (Wildman–Crippen MR) is 88.6 cm³/mol. The summed E-state index contributed by atoms with van der Waals surface area (Å²) in [5.74, 6) is -0.521. The lowest BCUT2D eigenvalue weighted by Crippen LogP contribution is -2.48. The molecule has 0 bridgehead atoms. The monoisotopic (exact) mass is 316 g/mol. The molecule has 1 heterocycles. The van der Waals surface area contributed by atoms with E-state index in [-0.39, 0.29) is 6.03 Å². The number of nitrogens with one attached hydrogen (secondary N) is 1. The maximum absolute atomic E-state index is 12.5. The van der Waals surface area contributed by atoms with Crippen molar-refractivity contribution in [1.29, 1.82) is 0 Å². The maximum Gasteiger partial charge on any atom is 0.326 e. The number of anilines is 1. The second-order valence-corrected chi connectivity index (χ2v) is 6.61. The van der Waals surface area contributed by atoms with E-state index in [1.165, 1.54) is 19.3 Å². The summed E-state index contributed by atoms with van der Waals surface area (Å²) in [4.78, 5) is 25.7. The Bertz CT molecular complexity index is 581. The molecule has 124 valence electrons. The number of rotatable bonds is 4. The topological polar surface area (TPSA) is 69.6 Å². The van der Waals surface area contributed by atoms with Crippen molar-refractivity contribution in [3.63, 3.8) is 0 Å². The van der Waals surface area contributed by atoms with Gasteiger partial charge in [0.25, 0.3) is 0 Å². The van der Waals surface area contributed by atoms with Crippen LogP contribution in [0, 0.1) is 5.92 Å². The molecule has 0 saturated heterocycles. The first kappa shape index (κ1) is 15.8. The number of amides is 2. The number of aliphatic carboxylic acids is 1. The minimum atomic E-state index is -0.934. The summed E-state index contributed by atoms with van der Waals surface area (Å²) in [5, 5.41) is 12.2. The van der Waals surface area contributed by atoms with Crippen molar-refractivity contribution in [2.45, 2.75) is 51.0 Å². The predicted octanol–water partition coefficient (Wildman–Crippen LogP) is 3.18. The number of carbonyl (C=O) groups excluding carboxylic acids is 1. The summed E-state index contributed by atoms with van der Waals surface area (Å²) in [5.41, 5.74) is 2.04. The van der Waals surface area contributed by atoms with Gasteiger partial charge in [-0.15, -0.1) is 0 Å². The Morgan fingerprint density at radius 3 is 2.70 bits per heavy atom. The van der Waals surface area contributed by atoms with Crippen molar-refractivity contribution in [3.05, 3.63) is 29.8 Å². The molecule has 1 unspecified atom stereocenters. The first-order valence-corrected chi connectivity index (χ1v) is 8.54. The summed E-state index contributed by atoms with van der Waals surface area (Å²) in [7, 11) is 0. The van der Waals surface area contributed by atoms with Gasteiger partial charge in [-0.2, -0.15) is 0 Å². The molecule has 0 radical (unpaired) electrons. The number of nitrogens with zero attached hydrogens (tertiary/aromatic N) is 1. The Morgan fingerprint density at radius 1 is 1.22 bits per heavy atom. The van der Waals surface area contributed by atoms with Crippen LogP contribution in [0.4, 0.5) is 10.5 Å². The van der Waals surface area contributed by atoms with Crippen LogP contribution in [-0.4, -0.2) is 29.7 Å². The average Bonchev–Trinajstić information content (AvgIpc) is 2.99. The zero-order chi connectivity index (χ0) is 16.2. The lowest BCUT2D eigenvalue weighted by molar-refractivity contribution is -0.139. The fourth-order valence-corrected chi connectivity index (χ4v) is 3.75. The second kappa shape index (κ2) is 7.02. The van der Waals surface area contributed by atoms with E-state index in [9.17, 15) is 14.7 Å². The van der Waals surface area contributed by atoms with Crippen LogP contribution >= 0.6 is 0 Å². The highest BCUT2D eigenvalue weighted by Gasteiger charge is 2.30. The zero-order valence-corrected chi connectivity index (χ0v) is 13.3. The smallest absolute Gasteiger partial charge is 0.326 e. The Kier molecular flexibility index (Phi) is 4.84. The van der Waals surface area contributed by atoms with E-state index in [2.05, 4.69) is 5.32 Å². The van der Waals surface area contributed by atoms with E-state index < -0.39 is 12.0 Å². The highest BCUT2D eigenvalue weighted by molar-refractivity contribution is 5.96. The number of carbonyl (C=O) groups is 2. The quantitative estimate of drug-likeness (QED) is 0.896. The number of para-hydroxylation sites is 1. The van der Waals surface area contributed by atoms with E-state index in [4.69, 9.17) is 0 Å². The molecule has 5 nitrogen and oxygen atoms in total. The number of carboxylic acids is 1. The van der Waals surface area contributed by atoms with Gasteiger partial charge in [0.1, 0.15) is 6.04 Å². The maximum atomic E-state index is 12.5. The minimum absolute atomic E-state index is 0.293. The second-order valence-electron chi connectivity index (χ2n) is 6.61. The number of hydrogen-bond donors (Lipinski definition) is 2. The van der Waals surface area contributed by atoms with Gasteiger partial charge in [0, 0.05) is 12.2 Å². The number of carboxylic acid groups (broad SMARTS) is 1. The van der Waals surface area contributed by atoms with E-state index in [0.29, 0.717) is 18.9 Å². The average molecular weight is 316 g/mol. The van der Waals surface area contributed by atoms with Gasteiger partial charge in [0.2, 0.25) is 0 Å². The molecule has 1 fully saturated rings. The Labute approximate surface area is 136 Å². The SMILES string of the molecule is O=C(O)C(CC1CCCCC1)NC(=O)N1CCc2ccccc21. The van der Waals surface area contributed by atoms with Gasteiger partial charge in [0.15, 0.2) is 0 Å². The van der Waals surface area contributed by atoms with Crippen LogP contribution in [0.3, 0.4) is 0 Å². The third kappa shape index (κ3) is 3.66. The molecular formula is C18H24N2O3. The van der Waals surface area contributed by atoms with Crippen LogP contribution in [0.15, 0.2) is 24.3 Å². The van der Waals surface area contributed by atoms with E-state index in [1.807, 2.05) is 24.3 Å². The molecule has 5 heteroatoms. The van der Waals surface area contributed by atoms with Crippen molar-refractivity contribution in [1.82, 2.24) is 5.32 Å². The summed E-state index contributed by atoms with van der Waals surface area (Å²) in [6.07, 6.45) is 7.10. The molecule has 1 atom stereocenters. The van der Waals surface area contributed by atoms with Gasteiger partial charge < -0.3 is 10.4 Å². The van der Waals surface area contributed by atoms with Crippen LogP contribution in [-0.2, 0) is 11.2 Å². The molecule has 23 heavy (non-hydrogen) atoms. The summed E-state index contributed by atoms with van der Waals surface area (Å²) < 4.78 is 0. The molecule has 0 spiro atoms. The first-order valence-electron chi connectivity index (χ1n) is 8.54. The minimum Gasteiger partial charge on any atom is -0.480 e. The van der Waals surface area contributed by atoms with Crippen molar-refractivity contribution >= 4 is 17.7 Å². The largest absolute Gasteiger partial charge is 0.480 e. The molecule has 1 aliphatic heterocycles. The van der Waals surface area contributed by atoms with Gasteiger partial charge in [-0.25, -0.2) is 9.59 Å². The van der Waals surface area contributed by atoms with Gasteiger partial charge >= 0.3 is 12.0 Å². The Balaban J connectivity index is 1.63. The van der Waals surface area contributed by atoms with Crippen LogP contribution < -0.4 is 10.2 Å². The van der Waals surface area contributed by atoms with Gasteiger partial charge in [-0.05, 0) is 30.4 Å². The van der Waals surface area contributed by atoms with Crippen molar-refractivity contribution in [2.75, 3.05) is 11.4 Å². The van der Waals surface area contributed by atoms with Crippen molar-refractivity contribution in [3.8, 4) is 0 Å². The molecule has 0 aromatic heterocycles. The lowest BCUT2D eigenvalue weighted by Gasteiger charge is -2.26. The molecular weight excluding hydrogens is 292 g/mol. The zero-order valence-electron chi connectivity index (χ0n) is 13.3. The number of fused-ring (bicyclic) bond motifs is 1. The van der Waals surface area contributed by atoms with E-state index >= 15 is 0 Å². The summed E-state index contributed by atoms with van der Waals surface area (Å²) >= 11 is 0. The van der Waals surface area contributed by atoms with Crippen LogP contribution in [0.1, 0.15) is 44.1 Å². The molecule has 2 aliphatic rings. The lowest BCUT2D eigenvalue weighted by atomic mass is 9.85. The fraction of sp³-hybridized carbons (Fsp3) is 0.556. The molecule has 3 rings (SSSR count). The summed E-state index contributed by atoms with van der Waals surface area (Å²) in [6.45, 7) is 0.612. The van der Waals surface area contributed by atoms with Gasteiger partial charge in [-0.3, -0.25) is 4.90 Å². The van der Waals surface area contributed by atoms with Crippen LogP contribution in [0.2, 0.25) is 0 Å². The third-order valence-electron chi connectivity index (χ3n) is 5.02. The van der Waals surface area contributed by atoms with E-state index in [0.717, 1.165) is 30.5 Å². The first-order chi connectivity index (χ1) is 11.1. The number of hydrogen-bond acceptors (Lipinski definition) is 2. The highest BCUT2D eigenvalue weighted by Crippen LogP contribution is 2.29. The van der Waals surface area contributed by atoms with Gasteiger partial charge in [0.05, 0.1) is 0 Å². The van der Waals surface area contributed by atoms with Crippen LogP contribution in [0.25, 0.3) is 0 Å². The van der Waals surface area contributed by atoms with Crippen molar-refractivity contribution in [2.24, 2.45) is 5.92 Å². The highest BCUT2D eigenvalue weighted by atomic mass is 16.4. The molecule has 1 saturated carbocycles.